The number of aromatic carboxylic acids is 1. The number of carbonyl (C=O) groups is 1. The van der Waals surface area contributed by atoms with Gasteiger partial charge in [0.2, 0.25) is 0 Å². The van der Waals surface area contributed by atoms with Crippen molar-refractivity contribution in [3.63, 3.8) is 0 Å². The molecular weight excluding hydrogens is 202 g/mol. The van der Waals surface area contributed by atoms with E-state index in [0.29, 0.717) is 17.7 Å². The SMILES string of the molecule is CCCc1nc(CC)c(C(=O)O)cc1CC. The molecule has 0 atom stereocenters. The van der Waals surface area contributed by atoms with E-state index >= 15 is 0 Å². The highest BCUT2D eigenvalue weighted by molar-refractivity contribution is 5.89. The summed E-state index contributed by atoms with van der Waals surface area (Å²) in [7, 11) is 0. The van der Waals surface area contributed by atoms with Crippen molar-refractivity contribution in [3.8, 4) is 0 Å². The van der Waals surface area contributed by atoms with Gasteiger partial charge < -0.3 is 5.11 Å². The molecule has 3 heteroatoms. The molecule has 1 aromatic heterocycles. The summed E-state index contributed by atoms with van der Waals surface area (Å²) < 4.78 is 0. The second-order valence-electron chi connectivity index (χ2n) is 3.85. The van der Waals surface area contributed by atoms with Crippen LogP contribution in [0, 0.1) is 0 Å². The van der Waals surface area contributed by atoms with Crippen LogP contribution in [0.3, 0.4) is 0 Å². The molecule has 0 spiro atoms. The highest BCUT2D eigenvalue weighted by atomic mass is 16.4. The van der Waals surface area contributed by atoms with Crippen LogP contribution in [0.4, 0.5) is 0 Å². The first-order chi connectivity index (χ1) is 7.63. The maximum atomic E-state index is 11.1. The molecule has 16 heavy (non-hydrogen) atoms. The van der Waals surface area contributed by atoms with Gasteiger partial charge in [-0.1, -0.05) is 27.2 Å². The predicted octanol–water partition coefficient (Wildman–Crippen LogP) is 2.86. The third-order valence-electron chi connectivity index (χ3n) is 2.70. The number of hydrogen-bond donors (Lipinski definition) is 1. The summed E-state index contributed by atoms with van der Waals surface area (Å²) in [5.74, 6) is -0.873. The minimum atomic E-state index is -0.873. The first kappa shape index (κ1) is 12.7. The van der Waals surface area contributed by atoms with Crippen molar-refractivity contribution in [2.24, 2.45) is 0 Å². The topological polar surface area (TPSA) is 50.2 Å². The summed E-state index contributed by atoms with van der Waals surface area (Å²) in [6, 6.07) is 1.79. The van der Waals surface area contributed by atoms with E-state index in [2.05, 4.69) is 11.9 Å². The zero-order valence-electron chi connectivity index (χ0n) is 10.2. The molecule has 1 rings (SSSR count). The van der Waals surface area contributed by atoms with Gasteiger partial charge in [-0.05, 0) is 30.9 Å². The average Bonchev–Trinajstić information content (AvgIpc) is 2.28. The van der Waals surface area contributed by atoms with Crippen molar-refractivity contribution in [1.82, 2.24) is 4.98 Å². The number of pyridine rings is 1. The van der Waals surface area contributed by atoms with Crippen LogP contribution < -0.4 is 0 Å². The lowest BCUT2D eigenvalue weighted by Crippen LogP contribution is -2.09. The van der Waals surface area contributed by atoms with Gasteiger partial charge in [-0.2, -0.15) is 0 Å². The lowest BCUT2D eigenvalue weighted by atomic mass is 10.0. The molecule has 0 saturated heterocycles. The van der Waals surface area contributed by atoms with Crippen molar-refractivity contribution < 1.29 is 9.90 Å². The molecule has 88 valence electrons. The van der Waals surface area contributed by atoms with Crippen LogP contribution in [0.5, 0.6) is 0 Å². The summed E-state index contributed by atoms with van der Waals surface area (Å²) in [5.41, 5.74) is 3.19. The van der Waals surface area contributed by atoms with Crippen LogP contribution >= 0.6 is 0 Å². The molecule has 0 aliphatic carbocycles. The molecule has 0 saturated carbocycles. The molecule has 1 heterocycles. The van der Waals surface area contributed by atoms with Gasteiger partial charge in [-0.3, -0.25) is 4.98 Å². The fourth-order valence-electron chi connectivity index (χ4n) is 1.85. The molecule has 0 unspecified atom stereocenters. The maximum absolute atomic E-state index is 11.1. The quantitative estimate of drug-likeness (QED) is 0.831. The normalized spacial score (nSPS) is 10.4. The second kappa shape index (κ2) is 5.64. The van der Waals surface area contributed by atoms with Crippen molar-refractivity contribution >= 4 is 5.97 Å². The summed E-state index contributed by atoms with van der Waals surface area (Å²) in [4.78, 5) is 15.6. The van der Waals surface area contributed by atoms with Crippen LogP contribution in [-0.2, 0) is 19.3 Å². The average molecular weight is 221 g/mol. The van der Waals surface area contributed by atoms with Crippen LogP contribution in [0.15, 0.2) is 6.07 Å². The third-order valence-corrected chi connectivity index (χ3v) is 2.70. The number of hydrogen-bond acceptors (Lipinski definition) is 2. The Morgan fingerprint density at radius 3 is 2.38 bits per heavy atom. The van der Waals surface area contributed by atoms with Gasteiger partial charge in [0.15, 0.2) is 0 Å². The number of aromatic nitrogens is 1. The van der Waals surface area contributed by atoms with Gasteiger partial charge in [0, 0.05) is 5.69 Å². The van der Waals surface area contributed by atoms with Gasteiger partial charge in [0.25, 0.3) is 0 Å². The summed E-state index contributed by atoms with van der Waals surface area (Å²) in [5, 5.41) is 9.10. The number of nitrogens with zero attached hydrogens (tertiary/aromatic N) is 1. The first-order valence-electron chi connectivity index (χ1n) is 5.88. The largest absolute Gasteiger partial charge is 0.478 e. The van der Waals surface area contributed by atoms with Gasteiger partial charge >= 0.3 is 5.97 Å². The second-order valence-corrected chi connectivity index (χ2v) is 3.85. The Morgan fingerprint density at radius 2 is 1.94 bits per heavy atom. The molecule has 0 aliphatic heterocycles. The highest BCUT2D eigenvalue weighted by Gasteiger charge is 2.14. The molecule has 0 fully saturated rings. The van der Waals surface area contributed by atoms with E-state index in [1.807, 2.05) is 13.8 Å². The smallest absolute Gasteiger partial charge is 0.337 e. The Hall–Kier alpha value is -1.38. The van der Waals surface area contributed by atoms with Crippen LogP contribution in [0.1, 0.15) is 54.5 Å². The van der Waals surface area contributed by atoms with E-state index in [0.717, 1.165) is 30.5 Å². The van der Waals surface area contributed by atoms with E-state index in [1.165, 1.54) is 0 Å². The molecule has 0 bridgehead atoms. The van der Waals surface area contributed by atoms with E-state index in [4.69, 9.17) is 5.11 Å². The molecule has 0 aromatic carbocycles. The van der Waals surface area contributed by atoms with Gasteiger partial charge in [0.05, 0.1) is 11.3 Å². The molecule has 0 amide bonds. The standard InChI is InChI=1S/C13H19NO2/c1-4-7-12-9(5-2)8-10(13(15)16)11(6-3)14-12/h8H,4-7H2,1-3H3,(H,15,16). The third kappa shape index (κ3) is 2.60. The molecular formula is C13H19NO2. The van der Waals surface area contributed by atoms with Crippen LogP contribution in [0.25, 0.3) is 0 Å². The maximum Gasteiger partial charge on any atom is 0.337 e. The minimum Gasteiger partial charge on any atom is -0.478 e. The van der Waals surface area contributed by atoms with Gasteiger partial charge in [-0.25, -0.2) is 4.79 Å². The lowest BCUT2D eigenvalue weighted by molar-refractivity contribution is 0.0695. The summed E-state index contributed by atoms with van der Waals surface area (Å²) in [6.07, 6.45) is 3.47. The Labute approximate surface area is 96.5 Å². The number of rotatable bonds is 5. The number of carboxylic acid groups (broad SMARTS) is 1. The predicted molar refractivity (Wildman–Crippen MR) is 63.9 cm³/mol. The highest BCUT2D eigenvalue weighted by Crippen LogP contribution is 2.16. The molecule has 3 nitrogen and oxygen atoms in total. The van der Waals surface area contributed by atoms with Gasteiger partial charge in [0.1, 0.15) is 0 Å². The minimum absolute atomic E-state index is 0.360. The molecule has 1 N–H and O–H groups in total. The summed E-state index contributed by atoms with van der Waals surface area (Å²) >= 11 is 0. The fourth-order valence-corrected chi connectivity index (χ4v) is 1.85. The lowest BCUT2D eigenvalue weighted by Gasteiger charge is -2.11. The number of aryl methyl sites for hydroxylation is 3. The van der Waals surface area contributed by atoms with Crippen molar-refractivity contribution in [2.75, 3.05) is 0 Å². The van der Waals surface area contributed by atoms with E-state index < -0.39 is 5.97 Å². The van der Waals surface area contributed by atoms with Crippen molar-refractivity contribution in [1.29, 1.82) is 0 Å². The Balaban J connectivity index is 3.28. The van der Waals surface area contributed by atoms with Crippen molar-refractivity contribution in [2.45, 2.75) is 46.5 Å². The van der Waals surface area contributed by atoms with E-state index in [-0.39, 0.29) is 0 Å². The van der Waals surface area contributed by atoms with Crippen LogP contribution in [-0.4, -0.2) is 16.1 Å². The van der Waals surface area contributed by atoms with E-state index in [1.54, 1.807) is 6.07 Å². The zero-order valence-corrected chi connectivity index (χ0v) is 10.2. The zero-order chi connectivity index (χ0) is 12.1. The summed E-state index contributed by atoms with van der Waals surface area (Å²) in [6.45, 7) is 6.08. The van der Waals surface area contributed by atoms with Crippen LogP contribution in [0.2, 0.25) is 0 Å². The molecule has 0 aliphatic rings. The fraction of sp³-hybridized carbons (Fsp3) is 0.538. The molecule has 1 aromatic rings. The molecule has 0 radical (unpaired) electrons. The first-order valence-corrected chi connectivity index (χ1v) is 5.88. The monoisotopic (exact) mass is 221 g/mol. The number of carboxylic acids is 1. The Bertz CT molecular complexity index is 386. The van der Waals surface area contributed by atoms with Gasteiger partial charge in [-0.15, -0.1) is 0 Å². The Morgan fingerprint density at radius 1 is 1.25 bits per heavy atom. The Kier molecular flexibility index (Phi) is 4.47. The van der Waals surface area contributed by atoms with Crippen molar-refractivity contribution in [3.05, 3.63) is 28.6 Å². The van der Waals surface area contributed by atoms with E-state index in [9.17, 15) is 4.79 Å².